The normalized spacial score (nSPS) is 23.3. The molecule has 0 fully saturated rings. The fourth-order valence-electron chi connectivity index (χ4n) is 4.09. The summed E-state index contributed by atoms with van der Waals surface area (Å²) in [6, 6.07) is 19.6. The van der Waals surface area contributed by atoms with Crippen molar-refractivity contribution < 1.29 is 9.90 Å². The van der Waals surface area contributed by atoms with E-state index < -0.39 is 11.5 Å². The van der Waals surface area contributed by atoms with Gasteiger partial charge in [-0.25, -0.2) is 0 Å². The number of hydrogen-bond acceptors (Lipinski definition) is 2. The Kier molecular flexibility index (Phi) is 5.19. The van der Waals surface area contributed by atoms with Crippen molar-refractivity contribution in [2.45, 2.75) is 45.1 Å². The third-order valence-electron chi connectivity index (χ3n) is 5.15. The first-order chi connectivity index (χ1) is 12.1. The van der Waals surface area contributed by atoms with Crippen molar-refractivity contribution in [3.05, 3.63) is 77.4 Å². The number of rotatable bonds is 6. The second-order valence-corrected chi connectivity index (χ2v) is 6.81. The molecule has 2 atom stereocenters. The van der Waals surface area contributed by atoms with Gasteiger partial charge >= 0.3 is 0 Å². The molecular formula is C23H26O2. The fourth-order valence-corrected chi connectivity index (χ4v) is 4.09. The zero-order valence-electron chi connectivity index (χ0n) is 15.0. The van der Waals surface area contributed by atoms with E-state index in [-0.39, 0.29) is 5.78 Å². The molecule has 1 aliphatic rings. The van der Waals surface area contributed by atoms with Crippen LogP contribution in [0.15, 0.2) is 66.2 Å². The molecule has 0 saturated heterocycles. The highest BCUT2D eigenvalue weighted by atomic mass is 16.3. The van der Waals surface area contributed by atoms with Crippen LogP contribution in [0.3, 0.4) is 0 Å². The third-order valence-corrected chi connectivity index (χ3v) is 5.15. The number of aliphatic hydroxyl groups is 1. The molecular weight excluding hydrogens is 308 g/mol. The Morgan fingerprint density at radius 3 is 2.08 bits per heavy atom. The molecule has 0 amide bonds. The fraction of sp³-hybridized carbons (Fsp3) is 0.348. The molecule has 2 nitrogen and oxygen atoms in total. The van der Waals surface area contributed by atoms with Crippen LogP contribution in [0.4, 0.5) is 0 Å². The summed E-state index contributed by atoms with van der Waals surface area (Å²) in [4.78, 5) is 13.2. The van der Waals surface area contributed by atoms with Crippen LogP contribution < -0.4 is 0 Å². The quantitative estimate of drug-likeness (QED) is 0.795. The van der Waals surface area contributed by atoms with Crippen LogP contribution in [0.25, 0.3) is 5.57 Å². The van der Waals surface area contributed by atoms with Crippen molar-refractivity contribution in [1.29, 1.82) is 0 Å². The predicted molar refractivity (Wildman–Crippen MR) is 102 cm³/mol. The van der Waals surface area contributed by atoms with E-state index in [9.17, 15) is 9.90 Å². The number of carbonyl (C=O) groups is 1. The van der Waals surface area contributed by atoms with Crippen LogP contribution in [-0.4, -0.2) is 10.9 Å². The largest absolute Gasteiger partial charge is 0.380 e. The van der Waals surface area contributed by atoms with Crippen molar-refractivity contribution >= 4 is 11.4 Å². The standard InChI is InChI=1S/C23H26O2/c1-3-11-19-21(17-13-7-5-8-14-17)23(25,18-15-9-6-10-16-18)20(12-4-2)22(19)24/h5-10,13-16,20,25H,3-4,11-12H2,1-2H3/t20-,23+/m0/s1. The van der Waals surface area contributed by atoms with E-state index in [2.05, 4.69) is 13.8 Å². The number of hydrogen-bond donors (Lipinski definition) is 1. The molecule has 1 N–H and O–H groups in total. The molecule has 0 bridgehead atoms. The number of carbonyl (C=O) groups excluding carboxylic acids is 1. The third kappa shape index (κ3) is 2.96. The van der Waals surface area contributed by atoms with Crippen molar-refractivity contribution in [3.63, 3.8) is 0 Å². The number of Topliss-reactive ketones (excluding diaryl/α,β-unsaturated/α-hetero) is 1. The minimum atomic E-state index is -1.25. The van der Waals surface area contributed by atoms with Crippen LogP contribution in [0, 0.1) is 5.92 Å². The van der Waals surface area contributed by atoms with Crippen molar-refractivity contribution in [1.82, 2.24) is 0 Å². The maximum Gasteiger partial charge on any atom is 0.165 e. The first-order valence-electron chi connectivity index (χ1n) is 9.25. The lowest BCUT2D eigenvalue weighted by Crippen LogP contribution is -2.35. The van der Waals surface area contributed by atoms with Gasteiger partial charge in [0, 0.05) is 11.1 Å². The highest BCUT2D eigenvalue weighted by Crippen LogP contribution is 2.52. The Bertz CT molecular complexity index is 761. The van der Waals surface area contributed by atoms with Gasteiger partial charge in [-0.1, -0.05) is 87.4 Å². The summed E-state index contributed by atoms with van der Waals surface area (Å²) in [6.07, 6.45) is 3.15. The van der Waals surface area contributed by atoms with Crippen molar-refractivity contribution in [2.24, 2.45) is 5.92 Å². The molecule has 2 aromatic carbocycles. The van der Waals surface area contributed by atoms with Crippen LogP contribution in [0.2, 0.25) is 0 Å². The molecule has 0 aliphatic heterocycles. The molecule has 2 aromatic rings. The average Bonchev–Trinajstić information content (AvgIpc) is 2.86. The van der Waals surface area contributed by atoms with Gasteiger partial charge in [-0.2, -0.15) is 0 Å². The van der Waals surface area contributed by atoms with Gasteiger partial charge in [0.25, 0.3) is 0 Å². The molecule has 25 heavy (non-hydrogen) atoms. The van der Waals surface area contributed by atoms with Gasteiger partial charge < -0.3 is 5.11 Å². The number of benzene rings is 2. The van der Waals surface area contributed by atoms with E-state index in [1.165, 1.54) is 0 Å². The summed E-state index contributed by atoms with van der Waals surface area (Å²) in [6.45, 7) is 4.15. The summed E-state index contributed by atoms with van der Waals surface area (Å²) >= 11 is 0. The van der Waals surface area contributed by atoms with E-state index in [0.29, 0.717) is 12.8 Å². The van der Waals surface area contributed by atoms with E-state index in [1.807, 2.05) is 60.7 Å². The molecule has 0 radical (unpaired) electrons. The van der Waals surface area contributed by atoms with Gasteiger partial charge in [0.15, 0.2) is 5.78 Å². The van der Waals surface area contributed by atoms with Gasteiger partial charge in [-0.15, -0.1) is 0 Å². The summed E-state index contributed by atoms with van der Waals surface area (Å²) < 4.78 is 0. The Labute approximate surface area is 150 Å². The Balaban J connectivity index is 2.27. The van der Waals surface area contributed by atoms with Gasteiger partial charge in [0.1, 0.15) is 5.60 Å². The molecule has 0 heterocycles. The maximum absolute atomic E-state index is 13.2. The highest BCUT2D eigenvalue weighted by Gasteiger charge is 2.52. The molecule has 0 saturated carbocycles. The minimum absolute atomic E-state index is 0.119. The van der Waals surface area contributed by atoms with Crippen LogP contribution in [-0.2, 0) is 10.4 Å². The summed E-state index contributed by atoms with van der Waals surface area (Å²) in [5.41, 5.74) is 2.12. The van der Waals surface area contributed by atoms with Gasteiger partial charge in [0.2, 0.25) is 0 Å². The molecule has 2 heteroatoms. The SMILES string of the molecule is CCCC1=C(c2ccccc2)[C@@](O)(c2ccccc2)[C@@H](CCC)C1=O. The van der Waals surface area contributed by atoms with E-state index in [1.54, 1.807) is 0 Å². The smallest absolute Gasteiger partial charge is 0.165 e. The molecule has 1 aliphatic carbocycles. The lowest BCUT2D eigenvalue weighted by molar-refractivity contribution is -0.124. The second-order valence-electron chi connectivity index (χ2n) is 6.81. The van der Waals surface area contributed by atoms with Gasteiger partial charge in [-0.3, -0.25) is 4.79 Å². The highest BCUT2D eigenvalue weighted by molar-refractivity contribution is 6.11. The molecule has 0 unspecified atom stereocenters. The van der Waals surface area contributed by atoms with Gasteiger partial charge in [-0.05, 0) is 24.0 Å². The molecule has 3 rings (SSSR count). The molecule has 0 spiro atoms. The average molecular weight is 334 g/mol. The summed E-state index contributed by atoms with van der Waals surface area (Å²) in [5.74, 6) is -0.287. The predicted octanol–water partition coefficient (Wildman–Crippen LogP) is 5.13. The van der Waals surface area contributed by atoms with Crippen molar-refractivity contribution in [3.8, 4) is 0 Å². The first kappa shape index (κ1) is 17.6. The summed E-state index contributed by atoms with van der Waals surface area (Å²) in [5, 5.41) is 12.0. The minimum Gasteiger partial charge on any atom is -0.380 e. The Hall–Kier alpha value is -2.19. The number of allylic oxidation sites excluding steroid dienone is 1. The van der Waals surface area contributed by atoms with E-state index >= 15 is 0 Å². The molecule has 0 aromatic heterocycles. The zero-order valence-corrected chi connectivity index (χ0v) is 15.0. The van der Waals surface area contributed by atoms with E-state index in [0.717, 1.165) is 35.1 Å². The lowest BCUT2D eigenvalue weighted by atomic mass is 9.75. The Morgan fingerprint density at radius 1 is 0.920 bits per heavy atom. The van der Waals surface area contributed by atoms with Crippen LogP contribution in [0.5, 0.6) is 0 Å². The van der Waals surface area contributed by atoms with E-state index in [4.69, 9.17) is 0 Å². The number of ketones is 1. The first-order valence-corrected chi connectivity index (χ1v) is 9.25. The topological polar surface area (TPSA) is 37.3 Å². The lowest BCUT2D eigenvalue weighted by Gasteiger charge is -2.33. The Morgan fingerprint density at radius 2 is 1.52 bits per heavy atom. The summed E-state index contributed by atoms with van der Waals surface area (Å²) in [7, 11) is 0. The second kappa shape index (κ2) is 7.37. The van der Waals surface area contributed by atoms with Crippen LogP contribution >= 0.6 is 0 Å². The van der Waals surface area contributed by atoms with Crippen LogP contribution in [0.1, 0.15) is 50.7 Å². The van der Waals surface area contributed by atoms with Crippen molar-refractivity contribution in [2.75, 3.05) is 0 Å². The zero-order chi connectivity index (χ0) is 17.9. The van der Waals surface area contributed by atoms with Gasteiger partial charge in [0.05, 0.1) is 5.92 Å². The maximum atomic E-state index is 13.2. The monoisotopic (exact) mass is 334 g/mol. The molecule has 130 valence electrons.